The highest BCUT2D eigenvalue weighted by Crippen LogP contribution is 2.32. The third-order valence-corrected chi connectivity index (χ3v) is 4.86. The minimum atomic E-state index is 0.0616. The molecule has 2 aromatic carbocycles. The van der Waals surface area contributed by atoms with Gasteiger partial charge in [-0.1, -0.05) is 18.2 Å². The fourth-order valence-corrected chi connectivity index (χ4v) is 3.41. The molecule has 2 aromatic rings. The molecule has 7 nitrogen and oxygen atoms in total. The Labute approximate surface area is 164 Å². The monoisotopic (exact) mass is 380 g/mol. The number of nitrogens with one attached hydrogen (secondary N) is 1. The number of nitrogens with two attached hydrogens (primary N) is 1. The Morgan fingerprint density at radius 1 is 1.14 bits per heavy atom. The van der Waals surface area contributed by atoms with Gasteiger partial charge in [0.15, 0.2) is 17.5 Å². The molecule has 146 valence electrons. The van der Waals surface area contributed by atoms with Crippen molar-refractivity contribution in [2.45, 2.75) is 12.8 Å². The van der Waals surface area contributed by atoms with Crippen LogP contribution in [-0.2, 0) is 6.42 Å². The normalized spacial score (nSPS) is 16.4. The molecule has 0 aromatic heterocycles. The third kappa shape index (κ3) is 4.03. The maximum absolute atomic E-state index is 12.6. The molecule has 0 saturated carbocycles. The van der Waals surface area contributed by atoms with Gasteiger partial charge in [0, 0.05) is 36.8 Å². The number of nitrogens with zero attached hydrogens (tertiary/aromatic N) is 2. The fraction of sp³-hybridized carbons (Fsp3) is 0.333. The van der Waals surface area contributed by atoms with Gasteiger partial charge in [-0.25, -0.2) is 0 Å². The molecule has 1 amide bonds. The summed E-state index contributed by atoms with van der Waals surface area (Å²) in [6, 6.07) is 13.4. The van der Waals surface area contributed by atoms with Gasteiger partial charge in [0.25, 0.3) is 5.91 Å². The van der Waals surface area contributed by atoms with Crippen LogP contribution in [-0.4, -0.2) is 49.6 Å². The summed E-state index contributed by atoms with van der Waals surface area (Å²) in [6.45, 7) is 2.98. The van der Waals surface area contributed by atoms with Gasteiger partial charge < -0.3 is 25.4 Å². The predicted octanol–water partition coefficient (Wildman–Crippen LogP) is 2.27. The lowest BCUT2D eigenvalue weighted by molar-refractivity contribution is 0.0745. The van der Waals surface area contributed by atoms with E-state index in [1.54, 1.807) is 0 Å². The highest BCUT2D eigenvalue weighted by molar-refractivity contribution is 5.96. The van der Waals surface area contributed by atoms with Gasteiger partial charge in [-0.05, 0) is 30.2 Å². The Morgan fingerprint density at radius 3 is 2.86 bits per heavy atom. The van der Waals surface area contributed by atoms with Crippen LogP contribution in [0.15, 0.2) is 47.5 Å². The van der Waals surface area contributed by atoms with Gasteiger partial charge in [0.1, 0.15) is 0 Å². The van der Waals surface area contributed by atoms with E-state index in [2.05, 4.69) is 10.3 Å². The number of benzene rings is 2. The van der Waals surface area contributed by atoms with E-state index >= 15 is 0 Å². The summed E-state index contributed by atoms with van der Waals surface area (Å²) in [7, 11) is 0. The van der Waals surface area contributed by atoms with Crippen molar-refractivity contribution in [3.8, 4) is 11.5 Å². The van der Waals surface area contributed by atoms with Gasteiger partial charge >= 0.3 is 0 Å². The zero-order chi connectivity index (χ0) is 19.3. The third-order valence-electron chi connectivity index (χ3n) is 4.86. The smallest absolute Gasteiger partial charge is 0.254 e. The number of rotatable bonds is 4. The Balaban J connectivity index is 1.33. The second kappa shape index (κ2) is 8.21. The Hall–Kier alpha value is -3.22. The van der Waals surface area contributed by atoms with E-state index < -0.39 is 0 Å². The summed E-state index contributed by atoms with van der Waals surface area (Å²) >= 11 is 0. The molecule has 0 fully saturated rings. The lowest BCUT2D eigenvalue weighted by Gasteiger charge is -2.28. The van der Waals surface area contributed by atoms with Crippen LogP contribution in [0.3, 0.4) is 0 Å². The first kappa shape index (κ1) is 18.2. The minimum absolute atomic E-state index is 0.0616. The molecule has 0 aliphatic carbocycles. The van der Waals surface area contributed by atoms with Crippen molar-refractivity contribution in [1.82, 2.24) is 4.90 Å². The number of ether oxygens (including phenoxy) is 2. The predicted molar refractivity (Wildman–Crippen MR) is 108 cm³/mol. The molecule has 0 atom stereocenters. The Kier molecular flexibility index (Phi) is 5.32. The summed E-state index contributed by atoms with van der Waals surface area (Å²) in [5.74, 6) is 1.81. The molecular formula is C21H24N4O3. The number of carbonyl (C=O) groups is 1. The van der Waals surface area contributed by atoms with Crippen molar-refractivity contribution in [3.05, 3.63) is 53.6 Å². The number of fused-ring (bicyclic) bond motifs is 2. The molecule has 7 heteroatoms. The summed E-state index contributed by atoms with van der Waals surface area (Å²) < 4.78 is 11.3. The summed E-state index contributed by atoms with van der Waals surface area (Å²) in [4.78, 5) is 18.7. The van der Waals surface area contributed by atoms with Crippen molar-refractivity contribution in [2.75, 3.05) is 38.2 Å². The maximum Gasteiger partial charge on any atom is 0.254 e. The first-order chi connectivity index (χ1) is 13.7. The van der Waals surface area contributed by atoms with E-state index in [0.29, 0.717) is 44.6 Å². The van der Waals surface area contributed by atoms with Crippen LogP contribution in [0.1, 0.15) is 22.3 Å². The number of amides is 1. The number of guanidine groups is 1. The van der Waals surface area contributed by atoms with E-state index in [9.17, 15) is 4.79 Å². The molecule has 0 saturated heterocycles. The van der Waals surface area contributed by atoms with Crippen molar-refractivity contribution < 1.29 is 14.3 Å². The highest BCUT2D eigenvalue weighted by Gasteiger charge is 2.23. The summed E-state index contributed by atoms with van der Waals surface area (Å²) in [6.07, 6.45) is 1.73. The second-order valence-corrected chi connectivity index (χ2v) is 6.80. The van der Waals surface area contributed by atoms with E-state index in [1.165, 1.54) is 0 Å². The molecule has 3 N–H and O–H groups in total. The summed E-state index contributed by atoms with van der Waals surface area (Å²) in [5.41, 5.74) is 8.69. The standard InChI is InChI=1S/C21H24N4O3/c22-21(24-16-6-7-18-19(14-16)28-13-3-12-27-18)23-9-11-25-10-8-15-4-1-2-5-17(15)20(25)26/h1-2,4-7,14H,3,8-13H2,(H3,22,23,24). The van der Waals surface area contributed by atoms with Crippen LogP contribution in [0.5, 0.6) is 11.5 Å². The molecule has 4 rings (SSSR count). The van der Waals surface area contributed by atoms with Gasteiger partial charge in [-0.3, -0.25) is 9.79 Å². The van der Waals surface area contributed by atoms with Gasteiger partial charge in [0.05, 0.1) is 19.8 Å². The zero-order valence-electron chi connectivity index (χ0n) is 15.7. The van der Waals surface area contributed by atoms with Crippen molar-refractivity contribution >= 4 is 17.6 Å². The number of anilines is 1. The average Bonchev–Trinajstić information content (AvgIpc) is 2.95. The van der Waals surface area contributed by atoms with E-state index in [0.717, 1.165) is 35.4 Å². The minimum Gasteiger partial charge on any atom is -0.490 e. The molecule has 0 spiro atoms. The van der Waals surface area contributed by atoms with Gasteiger partial charge in [0.2, 0.25) is 0 Å². The Morgan fingerprint density at radius 2 is 1.96 bits per heavy atom. The molecule has 2 heterocycles. The largest absolute Gasteiger partial charge is 0.490 e. The van der Waals surface area contributed by atoms with Crippen LogP contribution in [0, 0.1) is 0 Å². The summed E-state index contributed by atoms with van der Waals surface area (Å²) in [5, 5.41) is 3.07. The van der Waals surface area contributed by atoms with Crippen LogP contribution >= 0.6 is 0 Å². The topological polar surface area (TPSA) is 89.2 Å². The van der Waals surface area contributed by atoms with Gasteiger partial charge in [-0.15, -0.1) is 0 Å². The number of carbonyl (C=O) groups excluding carboxylic acids is 1. The molecule has 2 aliphatic heterocycles. The molecule has 0 radical (unpaired) electrons. The zero-order valence-corrected chi connectivity index (χ0v) is 15.7. The SMILES string of the molecule is NC(=NCCN1CCc2ccccc2C1=O)Nc1ccc2c(c1)OCCCO2. The van der Waals surface area contributed by atoms with Crippen LogP contribution in [0.4, 0.5) is 5.69 Å². The van der Waals surface area contributed by atoms with Crippen molar-refractivity contribution in [2.24, 2.45) is 10.7 Å². The van der Waals surface area contributed by atoms with Crippen LogP contribution in [0.25, 0.3) is 0 Å². The quantitative estimate of drug-likeness (QED) is 0.627. The maximum atomic E-state index is 12.6. The lowest BCUT2D eigenvalue weighted by Crippen LogP contribution is -2.39. The molecule has 0 bridgehead atoms. The molecular weight excluding hydrogens is 356 g/mol. The molecule has 0 unspecified atom stereocenters. The first-order valence-electron chi connectivity index (χ1n) is 9.54. The fourth-order valence-electron chi connectivity index (χ4n) is 3.41. The number of aliphatic imine (C=N–C) groups is 1. The van der Waals surface area contributed by atoms with E-state index in [-0.39, 0.29) is 5.91 Å². The number of hydrogen-bond donors (Lipinski definition) is 2. The highest BCUT2D eigenvalue weighted by atomic mass is 16.5. The first-order valence-corrected chi connectivity index (χ1v) is 9.54. The Bertz CT molecular complexity index is 897. The van der Waals surface area contributed by atoms with Crippen molar-refractivity contribution in [1.29, 1.82) is 0 Å². The van der Waals surface area contributed by atoms with Gasteiger partial charge in [-0.2, -0.15) is 0 Å². The molecule has 28 heavy (non-hydrogen) atoms. The van der Waals surface area contributed by atoms with E-state index in [4.69, 9.17) is 15.2 Å². The second-order valence-electron chi connectivity index (χ2n) is 6.80. The van der Waals surface area contributed by atoms with Crippen LogP contribution < -0.4 is 20.5 Å². The molecule has 2 aliphatic rings. The van der Waals surface area contributed by atoms with Crippen LogP contribution in [0.2, 0.25) is 0 Å². The van der Waals surface area contributed by atoms with Crippen molar-refractivity contribution in [3.63, 3.8) is 0 Å². The average molecular weight is 380 g/mol. The van der Waals surface area contributed by atoms with E-state index in [1.807, 2.05) is 47.4 Å². The number of hydrogen-bond acceptors (Lipinski definition) is 4. The lowest BCUT2D eigenvalue weighted by atomic mass is 9.99.